The van der Waals surface area contributed by atoms with Crippen LogP contribution in [0.2, 0.25) is 0 Å². The Hall–Kier alpha value is -3.73. The lowest BCUT2D eigenvalue weighted by molar-refractivity contribution is 0.362. The van der Waals surface area contributed by atoms with Crippen LogP contribution in [0.3, 0.4) is 0 Å². The number of rotatable bonds is 5. The van der Waals surface area contributed by atoms with Gasteiger partial charge in [-0.15, -0.1) is 0 Å². The molecule has 0 aliphatic carbocycles. The fourth-order valence-corrected chi connectivity index (χ4v) is 3.21. The minimum atomic E-state index is -0.313. The van der Waals surface area contributed by atoms with Crippen molar-refractivity contribution in [2.45, 2.75) is 20.8 Å². The van der Waals surface area contributed by atoms with Crippen molar-refractivity contribution in [2.24, 2.45) is 0 Å². The molecule has 2 aromatic heterocycles. The van der Waals surface area contributed by atoms with Gasteiger partial charge in [-0.25, -0.2) is 0 Å². The molecule has 5 nitrogen and oxygen atoms in total. The van der Waals surface area contributed by atoms with Gasteiger partial charge < -0.3 is 18.7 Å². The van der Waals surface area contributed by atoms with Gasteiger partial charge in [0.1, 0.15) is 46.7 Å². The maximum absolute atomic E-state index is 13.2. The number of allylic oxidation sites excluding steroid dienone is 2. The van der Waals surface area contributed by atoms with E-state index in [2.05, 4.69) is 6.58 Å². The molecule has 0 atom stereocenters. The van der Waals surface area contributed by atoms with Gasteiger partial charge in [0.25, 0.3) is 0 Å². The Morgan fingerprint density at radius 2 is 1.87 bits per heavy atom. The first-order chi connectivity index (χ1) is 14.3. The topological polar surface area (TPSA) is 72.8 Å². The van der Waals surface area contributed by atoms with E-state index in [9.17, 15) is 9.90 Å². The van der Waals surface area contributed by atoms with E-state index in [4.69, 9.17) is 13.6 Å². The Bertz CT molecular complexity index is 1350. The van der Waals surface area contributed by atoms with E-state index in [0.717, 1.165) is 5.57 Å². The van der Waals surface area contributed by atoms with Crippen molar-refractivity contribution in [1.82, 2.24) is 0 Å². The number of hydrogen-bond donors (Lipinski definition) is 1. The molecule has 152 valence electrons. The summed E-state index contributed by atoms with van der Waals surface area (Å²) in [5.41, 5.74) is 3.33. The van der Waals surface area contributed by atoms with Crippen molar-refractivity contribution in [2.75, 3.05) is 6.61 Å². The minimum Gasteiger partial charge on any atom is -0.506 e. The van der Waals surface area contributed by atoms with Gasteiger partial charge in [0.05, 0.1) is 10.9 Å². The number of furan rings is 1. The number of ether oxygens (including phenoxy) is 1. The zero-order valence-corrected chi connectivity index (χ0v) is 17.1. The number of phenols is 1. The number of benzene rings is 2. The van der Waals surface area contributed by atoms with E-state index in [-0.39, 0.29) is 22.1 Å². The average Bonchev–Trinajstić information content (AvgIpc) is 3.14. The molecule has 0 amide bonds. The fourth-order valence-electron chi connectivity index (χ4n) is 3.21. The van der Waals surface area contributed by atoms with Crippen molar-refractivity contribution in [3.8, 4) is 22.6 Å². The molecule has 2 aromatic carbocycles. The normalized spacial score (nSPS) is 11.0. The van der Waals surface area contributed by atoms with Crippen LogP contribution in [0.5, 0.6) is 11.5 Å². The molecule has 5 heteroatoms. The SMILES string of the molecule is C=C(C)c1cc2c(O)c3c(=O)c(-c4ccc(OCC=C(C)C)cc4)coc3cc2o1. The molecule has 30 heavy (non-hydrogen) atoms. The number of aromatic hydroxyl groups is 1. The monoisotopic (exact) mass is 402 g/mol. The third kappa shape index (κ3) is 3.50. The minimum absolute atomic E-state index is 0.123. The summed E-state index contributed by atoms with van der Waals surface area (Å²) >= 11 is 0. The number of phenolic OH excluding ortho intramolecular Hbond substituents is 1. The van der Waals surface area contributed by atoms with Crippen LogP contribution in [-0.2, 0) is 0 Å². The Kier molecular flexibility index (Phi) is 4.96. The molecule has 0 saturated heterocycles. The zero-order valence-electron chi connectivity index (χ0n) is 17.1. The van der Waals surface area contributed by atoms with Gasteiger partial charge in [-0.1, -0.05) is 24.3 Å². The van der Waals surface area contributed by atoms with Crippen LogP contribution in [0, 0.1) is 0 Å². The molecule has 0 saturated carbocycles. The van der Waals surface area contributed by atoms with Crippen LogP contribution >= 0.6 is 0 Å². The van der Waals surface area contributed by atoms with Gasteiger partial charge in [-0.3, -0.25) is 4.79 Å². The predicted molar refractivity (Wildman–Crippen MR) is 119 cm³/mol. The molecule has 0 fully saturated rings. The van der Waals surface area contributed by atoms with Gasteiger partial charge in [0, 0.05) is 6.07 Å². The Balaban J connectivity index is 1.77. The largest absolute Gasteiger partial charge is 0.506 e. The van der Waals surface area contributed by atoms with E-state index in [1.165, 1.54) is 11.8 Å². The van der Waals surface area contributed by atoms with Crippen LogP contribution in [0.4, 0.5) is 0 Å². The summed E-state index contributed by atoms with van der Waals surface area (Å²) in [4.78, 5) is 13.2. The fraction of sp³-hybridized carbons (Fsp3) is 0.160. The molecule has 2 heterocycles. The molecule has 0 bridgehead atoms. The van der Waals surface area contributed by atoms with E-state index >= 15 is 0 Å². The van der Waals surface area contributed by atoms with E-state index in [1.807, 2.05) is 26.8 Å². The van der Waals surface area contributed by atoms with Crippen LogP contribution in [0.1, 0.15) is 26.5 Å². The van der Waals surface area contributed by atoms with Gasteiger partial charge >= 0.3 is 0 Å². The first-order valence-corrected chi connectivity index (χ1v) is 9.58. The Labute approximate surface area is 173 Å². The molecule has 4 rings (SSSR count). The third-order valence-corrected chi connectivity index (χ3v) is 4.86. The van der Waals surface area contributed by atoms with Gasteiger partial charge in [-0.05, 0) is 56.2 Å². The highest BCUT2D eigenvalue weighted by Crippen LogP contribution is 2.36. The van der Waals surface area contributed by atoms with Crippen molar-refractivity contribution in [1.29, 1.82) is 0 Å². The molecule has 1 N–H and O–H groups in total. The predicted octanol–water partition coefficient (Wildman–Crippen LogP) is 6.29. The molecule has 0 spiro atoms. The quantitative estimate of drug-likeness (QED) is 0.397. The highest BCUT2D eigenvalue weighted by molar-refractivity contribution is 6.02. The van der Waals surface area contributed by atoms with Crippen molar-refractivity contribution in [3.63, 3.8) is 0 Å². The van der Waals surface area contributed by atoms with E-state index in [1.54, 1.807) is 36.4 Å². The molecular formula is C25H22O5. The summed E-state index contributed by atoms with van der Waals surface area (Å²) in [6.45, 7) is 10.2. The second kappa shape index (κ2) is 7.59. The molecule has 0 unspecified atom stereocenters. The highest BCUT2D eigenvalue weighted by Gasteiger charge is 2.18. The molecule has 4 aromatic rings. The average molecular weight is 402 g/mol. The van der Waals surface area contributed by atoms with E-state index < -0.39 is 0 Å². The summed E-state index contributed by atoms with van der Waals surface area (Å²) in [6, 6.07) is 10.5. The van der Waals surface area contributed by atoms with Crippen molar-refractivity contribution >= 4 is 27.5 Å². The third-order valence-electron chi connectivity index (χ3n) is 4.86. The van der Waals surface area contributed by atoms with Gasteiger partial charge in [0.2, 0.25) is 5.43 Å². The van der Waals surface area contributed by atoms with Gasteiger partial charge in [-0.2, -0.15) is 0 Å². The second-order valence-corrected chi connectivity index (χ2v) is 7.50. The first-order valence-electron chi connectivity index (χ1n) is 9.58. The summed E-state index contributed by atoms with van der Waals surface area (Å²) in [5.74, 6) is 1.10. The molecular weight excluding hydrogens is 380 g/mol. The summed E-state index contributed by atoms with van der Waals surface area (Å²) < 4.78 is 17.0. The summed E-state index contributed by atoms with van der Waals surface area (Å²) in [7, 11) is 0. The van der Waals surface area contributed by atoms with Crippen molar-refractivity contribution in [3.05, 3.63) is 76.9 Å². The molecule has 0 aliphatic rings. The summed E-state index contributed by atoms with van der Waals surface area (Å²) in [5, 5.41) is 11.3. The second-order valence-electron chi connectivity index (χ2n) is 7.50. The zero-order chi connectivity index (χ0) is 21.4. The lowest BCUT2D eigenvalue weighted by Crippen LogP contribution is -2.05. The van der Waals surface area contributed by atoms with Gasteiger partial charge in [0.15, 0.2) is 0 Å². The maximum Gasteiger partial charge on any atom is 0.204 e. The number of hydrogen-bond acceptors (Lipinski definition) is 5. The smallest absolute Gasteiger partial charge is 0.204 e. The standard InChI is InChI=1S/C25H22O5/c1-14(2)9-10-28-17-7-5-16(6-8-17)19-13-29-22-12-21-18(11-20(30-21)15(3)4)24(26)23(22)25(19)27/h5-9,11-13,26H,3,10H2,1-2,4H3. The molecule has 0 aliphatic heterocycles. The van der Waals surface area contributed by atoms with Crippen LogP contribution < -0.4 is 10.2 Å². The van der Waals surface area contributed by atoms with Crippen LogP contribution in [-0.4, -0.2) is 11.7 Å². The number of fused-ring (bicyclic) bond motifs is 2. The van der Waals surface area contributed by atoms with Crippen molar-refractivity contribution < 1.29 is 18.7 Å². The van der Waals surface area contributed by atoms with Crippen LogP contribution in [0.15, 0.2) is 74.5 Å². The molecule has 0 radical (unpaired) electrons. The summed E-state index contributed by atoms with van der Waals surface area (Å²) in [6.07, 6.45) is 3.39. The first kappa shape index (κ1) is 19.6. The van der Waals surface area contributed by atoms with E-state index in [0.29, 0.717) is 40.2 Å². The lowest BCUT2D eigenvalue weighted by atomic mass is 10.0. The Morgan fingerprint density at radius 3 is 2.53 bits per heavy atom. The lowest BCUT2D eigenvalue weighted by Gasteiger charge is -2.07. The highest BCUT2D eigenvalue weighted by atomic mass is 16.5. The Morgan fingerprint density at radius 1 is 1.13 bits per heavy atom. The maximum atomic E-state index is 13.2. The van der Waals surface area contributed by atoms with Crippen LogP contribution in [0.25, 0.3) is 38.6 Å².